The predicted octanol–water partition coefficient (Wildman–Crippen LogP) is 3.83. The molecule has 2 N–H and O–H groups in total. The average molecular weight is 470 g/mol. The average Bonchev–Trinajstić information content (AvgIpc) is 3.29. The van der Waals surface area contributed by atoms with E-state index < -0.39 is 11.5 Å². The minimum absolute atomic E-state index is 0.0128. The van der Waals surface area contributed by atoms with Crippen LogP contribution in [-0.2, 0) is 15.0 Å². The molecule has 35 heavy (non-hydrogen) atoms. The van der Waals surface area contributed by atoms with E-state index in [1.165, 1.54) is 16.3 Å². The first kappa shape index (κ1) is 22.3. The normalized spacial score (nSPS) is 26.4. The number of fused-ring (bicyclic) bond motifs is 1. The topological polar surface area (TPSA) is 72.9 Å². The van der Waals surface area contributed by atoms with E-state index in [0.29, 0.717) is 0 Å². The SMILES string of the molecule is CNC(=O)CC1(C)C(=O)N(C2CCN(C3c4cccc5cccc(c45)[C@@H]3O)CC2)c2ccccc21. The Balaban J connectivity index is 1.25. The van der Waals surface area contributed by atoms with Crippen LogP contribution in [-0.4, -0.2) is 48.0 Å². The summed E-state index contributed by atoms with van der Waals surface area (Å²) >= 11 is 0. The highest BCUT2D eigenvalue weighted by Crippen LogP contribution is 2.49. The molecule has 2 heterocycles. The van der Waals surface area contributed by atoms with Gasteiger partial charge < -0.3 is 15.3 Å². The number of aliphatic hydroxyl groups excluding tert-OH is 1. The smallest absolute Gasteiger partial charge is 0.238 e. The van der Waals surface area contributed by atoms with Crippen molar-refractivity contribution in [2.24, 2.45) is 0 Å². The Kier molecular flexibility index (Phi) is 5.20. The van der Waals surface area contributed by atoms with Crippen LogP contribution in [0.15, 0.2) is 60.7 Å². The maximum Gasteiger partial charge on any atom is 0.238 e. The lowest BCUT2D eigenvalue weighted by Gasteiger charge is -2.41. The van der Waals surface area contributed by atoms with Gasteiger partial charge >= 0.3 is 0 Å². The van der Waals surface area contributed by atoms with Crippen LogP contribution in [0, 0.1) is 0 Å². The van der Waals surface area contributed by atoms with E-state index in [4.69, 9.17) is 0 Å². The maximum absolute atomic E-state index is 13.8. The van der Waals surface area contributed by atoms with Gasteiger partial charge in [0.05, 0.1) is 17.6 Å². The van der Waals surface area contributed by atoms with E-state index in [9.17, 15) is 14.7 Å². The molecule has 1 saturated heterocycles. The number of amides is 2. The first-order chi connectivity index (χ1) is 16.9. The third-order valence-corrected chi connectivity index (χ3v) is 8.40. The molecule has 2 amide bonds. The van der Waals surface area contributed by atoms with Gasteiger partial charge in [0.25, 0.3) is 0 Å². The number of para-hydroxylation sites is 1. The zero-order chi connectivity index (χ0) is 24.3. The molecule has 180 valence electrons. The van der Waals surface area contributed by atoms with Crippen molar-refractivity contribution in [3.8, 4) is 0 Å². The minimum Gasteiger partial charge on any atom is -0.386 e. The van der Waals surface area contributed by atoms with Crippen LogP contribution in [0.3, 0.4) is 0 Å². The van der Waals surface area contributed by atoms with Crippen molar-refractivity contribution >= 4 is 28.3 Å². The molecule has 0 bridgehead atoms. The number of anilines is 1. The van der Waals surface area contributed by atoms with Crippen molar-refractivity contribution in [2.45, 2.75) is 49.8 Å². The summed E-state index contributed by atoms with van der Waals surface area (Å²) in [4.78, 5) is 30.4. The van der Waals surface area contributed by atoms with Gasteiger partial charge in [-0.3, -0.25) is 14.5 Å². The number of benzene rings is 3. The van der Waals surface area contributed by atoms with Crippen LogP contribution in [0.4, 0.5) is 5.69 Å². The summed E-state index contributed by atoms with van der Waals surface area (Å²) < 4.78 is 0. The molecule has 3 aromatic rings. The van der Waals surface area contributed by atoms with Gasteiger partial charge in [0, 0.05) is 38.3 Å². The van der Waals surface area contributed by atoms with E-state index in [1.54, 1.807) is 7.05 Å². The number of nitrogens with one attached hydrogen (secondary N) is 1. The number of hydrogen-bond acceptors (Lipinski definition) is 4. The van der Waals surface area contributed by atoms with Crippen LogP contribution in [0.1, 0.15) is 55.0 Å². The molecule has 6 nitrogen and oxygen atoms in total. The van der Waals surface area contributed by atoms with E-state index in [0.717, 1.165) is 42.7 Å². The second-order valence-electron chi connectivity index (χ2n) is 10.3. The second kappa shape index (κ2) is 8.18. The monoisotopic (exact) mass is 469 g/mol. The van der Waals surface area contributed by atoms with Crippen LogP contribution in [0.5, 0.6) is 0 Å². The summed E-state index contributed by atoms with van der Waals surface area (Å²) in [6.45, 7) is 3.50. The quantitative estimate of drug-likeness (QED) is 0.609. The van der Waals surface area contributed by atoms with Crippen molar-refractivity contribution in [1.82, 2.24) is 10.2 Å². The molecule has 1 fully saturated rings. The number of likely N-dealkylation sites (tertiary alicyclic amines) is 1. The highest BCUT2D eigenvalue weighted by atomic mass is 16.3. The molecule has 1 aliphatic carbocycles. The molecule has 0 aromatic heterocycles. The van der Waals surface area contributed by atoms with Gasteiger partial charge in [-0.2, -0.15) is 0 Å². The molecule has 3 aromatic carbocycles. The van der Waals surface area contributed by atoms with Crippen LogP contribution in [0.25, 0.3) is 10.8 Å². The fourth-order valence-electron chi connectivity index (χ4n) is 6.64. The minimum atomic E-state index is -0.854. The summed E-state index contributed by atoms with van der Waals surface area (Å²) in [7, 11) is 1.61. The van der Waals surface area contributed by atoms with E-state index in [2.05, 4.69) is 34.5 Å². The van der Waals surface area contributed by atoms with Crippen LogP contribution >= 0.6 is 0 Å². The number of carbonyl (C=O) groups is 2. The molecular formula is C29H31N3O3. The molecule has 0 saturated carbocycles. The third-order valence-electron chi connectivity index (χ3n) is 8.40. The van der Waals surface area contributed by atoms with Gasteiger partial charge in [-0.15, -0.1) is 0 Å². The number of aliphatic hydroxyl groups is 1. The number of carbonyl (C=O) groups excluding carboxylic acids is 2. The van der Waals surface area contributed by atoms with Crippen molar-refractivity contribution in [3.05, 3.63) is 77.4 Å². The highest BCUT2D eigenvalue weighted by molar-refractivity contribution is 6.10. The summed E-state index contributed by atoms with van der Waals surface area (Å²) in [5.41, 5.74) is 3.22. The van der Waals surface area contributed by atoms with E-state index in [-0.39, 0.29) is 30.3 Å². The molecule has 6 heteroatoms. The summed E-state index contributed by atoms with van der Waals surface area (Å²) in [6.07, 6.45) is 1.25. The summed E-state index contributed by atoms with van der Waals surface area (Å²) in [5.74, 6) is -0.116. The standard InChI is InChI=1S/C29H31N3O3/c1-29(17-24(33)30-2)22-11-3-4-12-23(22)32(28(29)35)19-13-15-31(16-14-19)26-20-9-5-7-18-8-6-10-21(25(18)20)27(26)34/h3-12,19,26-27,34H,13-17H2,1-2H3,(H,30,33)/t26?,27-,29?/m0/s1. The molecule has 0 radical (unpaired) electrons. The van der Waals surface area contributed by atoms with Gasteiger partial charge in [0.2, 0.25) is 11.8 Å². The lowest BCUT2D eigenvalue weighted by Crippen LogP contribution is -2.50. The number of nitrogens with zero attached hydrogens (tertiary/aromatic N) is 2. The van der Waals surface area contributed by atoms with Crippen molar-refractivity contribution in [1.29, 1.82) is 0 Å². The zero-order valence-corrected chi connectivity index (χ0v) is 20.2. The first-order valence-corrected chi connectivity index (χ1v) is 12.5. The Morgan fingerprint density at radius 3 is 2.43 bits per heavy atom. The van der Waals surface area contributed by atoms with Gasteiger partial charge in [0.15, 0.2) is 0 Å². The molecular weight excluding hydrogens is 438 g/mol. The Morgan fingerprint density at radius 1 is 1.03 bits per heavy atom. The summed E-state index contributed by atoms with van der Waals surface area (Å²) in [5, 5.41) is 16.3. The van der Waals surface area contributed by atoms with E-state index in [1.807, 2.05) is 48.2 Å². The molecule has 6 rings (SSSR count). The second-order valence-corrected chi connectivity index (χ2v) is 10.3. The molecule has 3 atom stereocenters. The van der Waals surface area contributed by atoms with Crippen LogP contribution in [0.2, 0.25) is 0 Å². The van der Waals surface area contributed by atoms with Crippen LogP contribution < -0.4 is 10.2 Å². The highest BCUT2D eigenvalue weighted by Gasteiger charge is 2.51. The van der Waals surface area contributed by atoms with Gasteiger partial charge in [-0.25, -0.2) is 0 Å². The van der Waals surface area contributed by atoms with Crippen molar-refractivity contribution in [3.63, 3.8) is 0 Å². The Hall–Kier alpha value is -3.22. The largest absolute Gasteiger partial charge is 0.386 e. The zero-order valence-electron chi connectivity index (χ0n) is 20.2. The first-order valence-electron chi connectivity index (χ1n) is 12.5. The lowest BCUT2D eigenvalue weighted by atomic mass is 9.80. The van der Waals surface area contributed by atoms with Crippen molar-refractivity contribution < 1.29 is 14.7 Å². The van der Waals surface area contributed by atoms with E-state index >= 15 is 0 Å². The Labute approximate surface area is 205 Å². The number of rotatable bonds is 4. The van der Waals surface area contributed by atoms with Crippen molar-refractivity contribution in [2.75, 3.05) is 25.0 Å². The molecule has 2 unspecified atom stereocenters. The Morgan fingerprint density at radius 2 is 1.71 bits per heavy atom. The summed E-state index contributed by atoms with van der Waals surface area (Å²) in [6, 6.07) is 20.4. The number of hydrogen-bond donors (Lipinski definition) is 2. The van der Waals surface area contributed by atoms with Gasteiger partial charge in [-0.05, 0) is 53.3 Å². The Bertz CT molecular complexity index is 1320. The fourth-order valence-corrected chi connectivity index (χ4v) is 6.64. The maximum atomic E-state index is 13.8. The predicted molar refractivity (Wildman–Crippen MR) is 136 cm³/mol. The molecule has 2 aliphatic heterocycles. The third kappa shape index (κ3) is 3.23. The van der Waals surface area contributed by atoms with Gasteiger partial charge in [0.1, 0.15) is 0 Å². The fraction of sp³-hybridized carbons (Fsp3) is 0.379. The number of piperidine rings is 1. The molecule has 0 spiro atoms. The van der Waals surface area contributed by atoms with Gasteiger partial charge in [-0.1, -0.05) is 54.6 Å². The molecule has 3 aliphatic rings. The lowest BCUT2D eigenvalue weighted by molar-refractivity contribution is -0.129.